The molecule has 0 aromatic rings. The van der Waals surface area contributed by atoms with Crippen LogP contribution in [0.3, 0.4) is 0 Å². The molecule has 0 aromatic heterocycles. The van der Waals surface area contributed by atoms with E-state index in [0.29, 0.717) is 0 Å². The molecule has 0 radical (unpaired) electrons. The van der Waals surface area contributed by atoms with Gasteiger partial charge in [-0.05, 0) is 18.6 Å². The number of carboxylic acids is 1. The molecule has 1 aliphatic rings. The number of esters is 2. The van der Waals surface area contributed by atoms with Crippen molar-refractivity contribution < 1.29 is 33.8 Å². The minimum absolute atomic E-state index is 0.0747. The fraction of sp³-hybridized carbons (Fsp3) is 0.267. The van der Waals surface area contributed by atoms with Crippen molar-refractivity contribution in [1.82, 2.24) is 0 Å². The Morgan fingerprint density at radius 2 is 2.09 bits per heavy atom. The van der Waals surface area contributed by atoms with Gasteiger partial charge in [0.2, 0.25) is 0 Å². The van der Waals surface area contributed by atoms with Gasteiger partial charge >= 0.3 is 17.9 Å². The second kappa shape index (κ2) is 8.39. The molecule has 1 rings (SSSR count). The third kappa shape index (κ3) is 5.22. The Bertz CT molecular complexity index is 603. The van der Waals surface area contributed by atoms with Crippen LogP contribution in [0.25, 0.3) is 0 Å². The van der Waals surface area contributed by atoms with Crippen molar-refractivity contribution in [3.05, 3.63) is 41.5 Å². The van der Waals surface area contributed by atoms with Crippen LogP contribution < -0.4 is 0 Å². The smallest absolute Gasteiger partial charge is 0.345 e. The van der Waals surface area contributed by atoms with Gasteiger partial charge in [-0.1, -0.05) is 19.1 Å². The van der Waals surface area contributed by atoms with Crippen molar-refractivity contribution >= 4 is 23.8 Å². The van der Waals surface area contributed by atoms with Crippen molar-refractivity contribution in [2.24, 2.45) is 0 Å². The van der Waals surface area contributed by atoms with E-state index in [1.807, 2.05) is 0 Å². The van der Waals surface area contributed by atoms with Crippen molar-refractivity contribution in [3.8, 4) is 0 Å². The number of allylic oxidation sites excluding steroid dienone is 2. The molecule has 0 amide bonds. The third-order valence-electron chi connectivity index (χ3n) is 2.62. The van der Waals surface area contributed by atoms with Gasteiger partial charge in [0.05, 0.1) is 5.57 Å². The minimum atomic E-state index is -1.28. The summed E-state index contributed by atoms with van der Waals surface area (Å²) in [5.41, 5.74) is 0.0662. The Kier molecular flexibility index (Phi) is 6.53. The summed E-state index contributed by atoms with van der Waals surface area (Å²) in [5.74, 6) is -1.41. The minimum Gasteiger partial charge on any atom is -0.478 e. The Labute approximate surface area is 126 Å². The molecular weight excluding hydrogens is 292 g/mol. The first-order chi connectivity index (χ1) is 10.5. The second-order valence-corrected chi connectivity index (χ2v) is 4.15. The van der Waals surface area contributed by atoms with E-state index in [0.717, 1.165) is 6.08 Å². The Hall–Kier alpha value is -2.92. The molecular formula is C15H14O7. The maximum Gasteiger partial charge on any atom is 0.345 e. The lowest BCUT2D eigenvalue weighted by Crippen LogP contribution is -2.24. The van der Waals surface area contributed by atoms with Gasteiger partial charge in [0.25, 0.3) is 0 Å². The molecule has 0 saturated carbocycles. The number of ether oxygens (including phenoxy) is 2. The Morgan fingerprint density at radius 1 is 1.36 bits per heavy atom. The predicted molar refractivity (Wildman–Crippen MR) is 74.3 cm³/mol. The highest BCUT2D eigenvalue weighted by molar-refractivity contribution is 5.96. The van der Waals surface area contributed by atoms with Crippen molar-refractivity contribution in [3.63, 3.8) is 0 Å². The molecule has 7 heteroatoms. The van der Waals surface area contributed by atoms with Crippen molar-refractivity contribution in [2.45, 2.75) is 19.4 Å². The van der Waals surface area contributed by atoms with E-state index in [9.17, 15) is 19.2 Å². The van der Waals surface area contributed by atoms with Crippen LogP contribution in [0.15, 0.2) is 41.5 Å². The Morgan fingerprint density at radius 3 is 2.68 bits per heavy atom. The van der Waals surface area contributed by atoms with Crippen molar-refractivity contribution in [1.29, 1.82) is 0 Å². The number of carbonyl (C=O) groups excluding carboxylic acids is 3. The molecule has 0 bridgehead atoms. The van der Waals surface area contributed by atoms with Gasteiger partial charge in [-0.15, -0.1) is 0 Å². The zero-order valence-electron chi connectivity index (χ0n) is 11.8. The van der Waals surface area contributed by atoms with Crippen molar-refractivity contribution in [2.75, 3.05) is 6.61 Å². The summed E-state index contributed by atoms with van der Waals surface area (Å²) < 4.78 is 9.62. The van der Waals surface area contributed by atoms with Crippen LogP contribution in [-0.2, 0) is 28.7 Å². The van der Waals surface area contributed by atoms with Gasteiger partial charge in [-0.2, -0.15) is 0 Å². The van der Waals surface area contributed by atoms with Crippen LogP contribution >= 0.6 is 0 Å². The molecule has 0 aromatic carbocycles. The predicted octanol–water partition coefficient (Wildman–Crippen LogP) is 0.746. The second-order valence-electron chi connectivity index (χ2n) is 4.15. The standard InChI is InChI=1S/C15H14O7/c1-2-10(7-13(17)18)15(20)21-9-14(19)22-12-6-4-3-5-11(12)8-16/h3-7,12H,2,9H2,1H3,(H,17,18)/b10-7+. The number of hydrogen-bond acceptors (Lipinski definition) is 6. The first-order valence-corrected chi connectivity index (χ1v) is 6.37. The van der Waals surface area contributed by atoms with E-state index in [-0.39, 0.29) is 17.6 Å². The number of rotatable bonds is 6. The van der Waals surface area contributed by atoms with Crippen LogP contribution in [-0.4, -0.2) is 41.7 Å². The molecule has 0 spiro atoms. The molecule has 22 heavy (non-hydrogen) atoms. The quantitative estimate of drug-likeness (QED) is 0.438. The van der Waals surface area contributed by atoms with E-state index in [1.165, 1.54) is 12.2 Å². The first-order valence-electron chi connectivity index (χ1n) is 6.37. The van der Waals surface area contributed by atoms with E-state index in [1.54, 1.807) is 25.0 Å². The SMILES string of the molecule is CC/C(=C\C(=O)O)C(=O)OCC(=O)OC1C=CC=CC1=C=O. The topological polar surface area (TPSA) is 107 Å². The summed E-state index contributed by atoms with van der Waals surface area (Å²) in [6.07, 6.45) is 6.09. The summed E-state index contributed by atoms with van der Waals surface area (Å²) in [6.45, 7) is 0.894. The molecule has 116 valence electrons. The van der Waals surface area contributed by atoms with Gasteiger partial charge in [0.1, 0.15) is 5.94 Å². The Balaban J connectivity index is 2.54. The van der Waals surface area contributed by atoms with E-state index < -0.39 is 30.6 Å². The molecule has 1 N–H and O–H groups in total. The van der Waals surface area contributed by atoms with E-state index in [2.05, 4.69) is 4.74 Å². The summed E-state index contributed by atoms with van der Waals surface area (Å²) in [6, 6.07) is 0. The highest BCUT2D eigenvalue weighted by Gasteiger charge is 2.19. The molecule has 0 fully saturated rings. The largest absolute Gasteiger partial charge is 0.478 e. The first kappa shape index (κ1) is 17.1. The third-order valence-corrected chi connectivity index (χ3v) is 2.62. The van der Waals surface area contributed by atoms with Crippen LogP contribution in [0.5, 0.6) is 0 Å². The molecule has 7 nitrogen and oxygen atoms in total. The van der Waals surface area contributed by atoms with Gasteiger partial charge < -0.3 is 14.6 Å². The van der Waals surface area contributed by atoms with Gasteiger partial charge in [-0.25, -0.2) is 19.2 Å². The fourth-order valence-electron chi connectivity index (χ4n) is 1.56. The average Bonchev–Trinajstić information content (AvgIpc) is 2.50. The summed E-state index contributed by atoms with van der Waals surface area (Å²) in [4.78, 5) is 44.3. The van der Waals surface area contributed by atoms with E-state index in [4.69, 9.17) is 9.84 Å². The normalized spacial score (nSPS) is 16.9. The lowest BCUT2D eigenvalue weighted by atomic mass is 10.1. The molecule has 1 unspecified atom stereocenters. The van der Waals surface area contributed by atoms with Gasteiger partial charge in [-0.3, -0.25) is 0 Å². The molecule has 0 heterocycles. The summed E-state index contributed by atoms with van der Waals surface area (Å²) in [7, 11) is 0. The maximum absolute atomic E-state index is 11.6. The fourth-order valence-corrected chi connectivity index (χ4v) is 1.56. The van der Waals surface area contributed by atoms with Crippen LogP contribution in [0.2, 0.25) is 0 Å². The average molecular weight is 306 g/mol. The zero-order chi connectivity index (χ0) is 16.5. The van der Waals surface area contributed by atoms with Crippen LogP contribution in [0, 0.1) is 0 Å². The molecule has 1 aliphatic carbocycles. The summed E-state index contributed by atoms with van der Waals surface area (Å²) in [5, 5.41) is 8.58. The maximum atomic E-state index is 11.6. The summed E-state index contributed by atoms with van der Waals surface area (Å²) >= 11 is 0. The van der Waals surface area contributed by atoms with E-state index >= 15 is 0 Å². The highest BCUT2D eigenvalue weighted by atomic mass is 16.6. The zero-order valence-corrected chi connectivity index (χ0v) is 11.8. The monoisotopic (exact) mass is 306 g/mol. The number of carbonyl (C=O) groups is 3. The van der Waals surface area contributed by atoms with Gasteiger partial charge in [0.15, 0.2) is 12.7 Å². The van der Waals surface area contributed by atoms with Crippen LogP contribution in [0.1, 0.15) is 13.3 Å². The lowest BCUT2D eigenvalue weighted by molar-refractivity contribution is -0.157. The van der Waals surface area contributed by atoms with Gasteiger partial charge in [0, 0.05) is 11.6 Å². The molecule has 0 saturated heterocycles. The number of hydrogen-bond donors (Lipinski definition) is 1. The van der Waals surface area contributed by atoms with Crippen LogP contribution in [0.4, 0.5) is 0 Å². The lowest BCUT2D eigenvalue weighted by Gasteiger charge is -2.15. The molecule has 0 aliphatic heterocycles. The molecule has 1 atom stereocenters. The highest BCUT2D eigenvalue weighted by Crippen LogP contribution is 2.12. The number of aliphatic carboxylic acids is 1. The number of carboxylic acid groups (broad SMARTS) is 1.